The van der Waals surface area contributed by atoms with Crippen LogP contribution in [0.3, 0.4) is 0 Å². The number of benzene rings is 1. The van der Waals surface area contributed by atoms with Gasteiger partial charge in [-0.2, -0.15) is 5.10 Å². The van der Waals surface area contributed by atoms with Gasteiger partial charge in [0.2, 0.25) is 5.11 Å². The summed E-state index contributed by atoms with van der Waals surface area (Å²) in [6.45, 7) is 3.51. The molecule has 0 saturated carbocycles. The molecule has 6 nitrogen and oxygen atoms in total. The molecule has 0 bridgehead atoms. The predicted molar refractivity (Wildman–Crippen MR) is 83.0 cm³/mol. The SMILES string of the molecule is CCOC(=O)/C(C)=N/N1CC(=O)N(c2ccccc2)C1=S. The zero-order valence-corrected chi connectivity index (χ0v) is 12.6. The molecule has 1 aliphatic rings. The Morgan fingerprint density at radius 1 is 1.38 bits per heavy atom. The number of hydrogen-bond donors (Lipinski definition) is 0. The van der Waals surface area contributed by atoms with Crippen molar-refractivity contribution in [3.63, 3.8) is 0 Å². The molecule has 1 aromatic rings. The van der Waals surface area contributed by atoms with Crippen molar-refractivity contribution in [2.24, 2.45) is 5.10 Å². The molecule has 1 amide bonds. The summed E-state index contributed by atoms with van der Waals surface area (Å²) in [6, 6.07) is 9.07. The Kier molecular flexibility index (Phi) is 4.64. The molecular formula is C14H15N3O3S. The second-order valence-electron chi connectivity index (χ2n) is 4.31. The lowest BCUT2D eigenvalue weighted by Gasteiger charge is -2.17. The average molecular weight is 305 g/mol. The van der Waals surface area contributed by atoms with Crippen LogP contribution in [0.15, 0.2) is 35.4 Å². The number of amides is 1. The first-order chi connectivity index (χ1) is 10.0. The van der Waals surface area contributed by atoms with Crippen molar-refractivity contribution in [3.05, 3.63) is 30.3 Å². The van der Waals surface area contributed by atoms with Gasteiger partial charge < -0.3 is 4.74 Å². The van der Waals surface area contributed by atoms with Crippen LogP contribution in [0, 0.1) is 0 Å². The Bertz CT molecular complexity index is 601. The Labute approximate surface area is 128 Å². The summed E-state index contributed by atoms with van der Waals surface area (Å²) in [6.07, 6.45) is 0. The van der Waals surface area contributed by atoms with E-state index in [0.717, 1.165) is 0 Å². The van der Waals surface area contributed by atoms with Crippen molar-refractivity contribution in [1.29, 1.82) is 0 Å². The van der Waals surface area contributed by atoms with Crippen LogP contribution in [0.1, 0.15) is 13.8 Å². The molecule has 21 heavy (non-hydrogen) atoms. The van der Waals surface area contributed by atoms with Gasteiger partial charge in [0.15, 0.2) is 0 Å². The summed E-state index contributed by atoms with van der Waals surface area (Å²) in [4.78, 5) is 25.0. The number of carbonyl (C=O) groups excluding carboxylic acids is 2. The Balaban J connectivity index is 2.19. The molecule has 7 heteroatoms. The van der Waals surface area contributed by atoms with E-state index in [0.29, 0.717) is 5.69 Å². The molecule has 110 valence electrons. The highest BCUT2D eigenvalue weighted by Crippen LogP contribution is 2.21. The summed E-state index contributed by atoms with van der Waals surface area (Å²) < 4.78 is 4.85. The molecular weight excluding hydrogens is 290 g/mol. The highest BCUT2D eigenvalue weighted by atomic mass is 32.1. The highest BCUT2D eigenvalue weighted by molar-refractivity contribution is 7.80. The highest BCUT2D eigenvalue weighted by Gasteiger charge is 2.34. The summed E-state index contributed by atoms with van der Waals surface area (Å²) in [5.41, 5.74) is 0.834. The van der Waals surface area contributed by atoms with Crippen LogP contribution in [0.5, 0.6) is 0 Å². The van der Waals surface area contributed by atoms with Gasteiger partial charge in [0.25, 0.3) is 5.91 Å². The second kappa shape index (κ2) is 6.45. The molecule has 0 spiro atoms. The zero-order chi connectivity index (χ0) is 15.4. The predicted octanol–water partition coefficient (Wildman–Crippen LogP) is 1.56. The molecule has 1 heterocycles. The van der Waals surface area contributed by atoms with E-state index in [2.05, 4.69) is 5.10 Å². The van der Waals surface area contributed by atoms with Gasteiger partial charge in [0, 0.05) is 0 Å². The van der Waals surface area contributed by atoms with E-state index in [4.69, 9.17) is 17.0 Å². The Morgan fingerprint density at radius 3 is 2.67 bits per heavy atom. The summed E-state index contributed by atoms with van der Waals surface area (Å²) in [5.74, 6) is -0.711. The van der Waals surface area contributed by atoms with Crippen molar-refractivity contribution >= 4 is 40.6 Å². The first-order valence-corrected chi connectivity index (χ1v) is 6.87. The second-order valence-corrected chi connectivity index (χ2v) is 4.68. The van der Waals surface area contributed by atoms with E-state index in [1.165, 1.54) is 16.8 Å². The first-order valence-electron chi connectivity index (χ1n) is 6.46. The van der Waals surface area contributed by atoms with Gasteiger partial charge in [-0.1, -0.05) is 18.2 Å². The molecule has 0 radical (unpaired) electrons. The number of rotatable bonds is 4. The smallest absolute Gasteiger partial charge is 0.354 e. The number of carbonyl (C=O) groups is 2. The van der Waals surface area contributed by atoms with Gasteiger partial charge in [-0.25, -0.2) is 9.80 Å². The maximum atomic E-state index is 12.1. The Morgan fingerprint density at radius 2 is 2.05 bits per heavy atom. The summed E-state index contributed by atoms with van der Waals surface area (Å²) in [5, 5.41) is 5.65. The van der Waals surface area contributed by atoms with Crippen LogP contribution in [-0.4, -0.2) is 40.9 Å². The third-order valence-corrected chi connectivity index (χ3v) is 3.20. The van der Waals surface area contributed by atoms with E-state index in [1.807, 2.05) is 18.2 Å². The van der Waals surface area contributed by atoms with Gasteiger partial charge in [-0.15, -0.1) is 0 Å². The number of ether oxygens (including phenoxy) is 1. The minimum Gasteiger partial charge on any atom is -0.461 e. The Hall–Kier alpha value is -2.28. The number of hydrazone groups is 1. The molecule has 0 unspecified atom stereocenters. The van der Waals surface area contributed by atoms with Crippen molar-refractivity contribution in [2.75, 3.05) is 18.1 Å². The van der Waals surface area contributed by atoms with Gasteiger partial charge in [-0.3, -0.25) is 9.69 Å². The number of hydrogen-bond acceptors (Lipinski definition) is 5. The first kappa shape index (κ1) is 15.1. The number of anilines is 1. The maximum Gasteiger partial charge on any atom is 0.354 e. The third kappa shape index (κ3) is 3.25. The standard InChI is InChI=1S/C14H15N3O3S/c1-3-20-13(19)10(2)15-16-9-12(18)17(14(16)21)11-7-5-4-6-8-11/h4-8H,3,9H2,1-2H3/b15-10+. The minimum absolute atomic E-state index is 0.00444. The van der Waals surface area contributed by atoms with E-state index >= 15 is 0 Å². The van der Waals surface area contributed by atoms with Gasteiger partial charge in [0.05, 0.1) is 12.3 Å². The van der Waals surface area contributed by atoms with Crippen LogP contribution in [-0.2, 0) is 14.3 Å². The molecule has 1 aromatic carbocycles. The maximum absolute atomic E-state index is 12.1. The fraction of sp³-hybridized carbons (Fsp3) is 0.286. The van der Waals surface area contributed by atoms with E-state index in [1.54, 1.807) is 19.1 Å². The molecule has 0 N–H and O–H groups in total. The van der Waals surface area contributed by atoms with Crippen molar-refractivity contribution in [1.82, 2.24) is 5.01 Å². The van der Waals surface area contributed by atoms with Crippen molar-refractivity contribution < 1.29 is 14.3 Å². The van der Waals surface area contributed by atoms with Crippen LogP contribution in [0.4, 0.5) is 5.69 Å². The quantitative estimate of drug-likeness (QED) is 0.480. The number of para-hydroxylation sites is 1. The average Bonchev–Trinajstić information content (AvgIpc) is 2.74. The lowest BCUT2D eigenvalue weighted by atomic mass is 10.3. The molecule has 0 aromatic heterocycles. The molecule has 1 aliphatic heterocycles. The molecule has 0 aliphatic carbocycles. The summed E-state index contributed by atoms with van der Waals surface area (Å²) in [7, 11) is 0. The van der Waals surface area contributed by atoms with Crippen LogP contribution in [0.25, 0.3) is 0 Å². The zero-order valence-electron chi connectivity index (χ0n) is 11.8. The topological polar surface area (TPSA) is 62.2 Å². The fourth-order valence-corrected chi connectivity index (χ4v) is 2.17. The van der Waals surface area contributed by atoms with E-state index < -0.39 is 5.97 Å². The van der Waals surface area contributed by atoms with Crippen LogP contribution < -0.4 is 4.90 Å². The number of nitrogens with zero attached hydrogens (tertiary/aromatic N) is 3. The summed E-state index contributed by atoms with van der Waals surface area (Å²) >= 11 is 5.26. The monoisotopic (exact) mass is 305 g/mol. The third-order valence-electron chi connectivity index (χ3n) is 2.80. The molecule has 1 fully saturated rings. The lowest BCUT2D eigenvalue weighted by molar-refractivity contribution is -0.135. The van der Waals surface area contributed by atoms with Crippen molar-refractivity contribution in [2.45, 2.75) is 13.8 Å². The van der Waals surface area contributed by atoms with Gasteiger partial charge in [-0.05, 0) is 38.2 Å². The number of thiocarbonyl (C=S) groups is 1. The van der Waals surface area contributed by atoms with Crippen molar-refractivity contribution in [3.8, 4) is 0 Å². The van der Waals surface area contributed by atoms with Crippen LogP contribution in [0.2, 0.25) is 0 Å². The minimum atomic E-state index is -0.522. The fourth-order valence-electron chi connectivity index (χ4n) is 1.86. The lowest BCUT2D eigenvalue weighted by Crippen LogP contribution is -2.31. The largest absolute Gasteiger partial charge is 0.461 e. The number of esters is 1. The van der Waals surface area contributed by atoms with Crippen LogP contribution >= 0.6 is 12.2 Å². The molecule has 2 rings (SSSR count). The molecule has 1 saturated heterocycles. The normalized spacial score (nSPS) is 15.6. The van der Waals surface area contributed by atoms with Gasteiger partial charge in [0.1, 0.15) is 12.3 Å². The molecule has 0 atom stereocenters. The van der Waals surface area contributed by atoms with E-state index in [9.17, 15) is 9.59 Å². The van der Waals surface area contributed by atoms with Gasteiger partial charge >= 0.3 is 5.97 Å². The van der Waals surface area contributed by atoms with E-state index in [-0.39, 0.29) is 29.9 Å².